The Bertz CT molecular complexity index is 1510. The van der Waals surface area contributed by atoms with Crippen LogP contribution in [0, 0.1) is 15.4 Å². The Morgan fingerprint density at radius 1 is 0.979 bits per heavy atom. The molecule has 3 amide bonds. The minimum absolute atomic E-state index is 0.192. The van der Waals surface area contributed by atoms with E-state index in [1.54, 1.807) is 0 Å². The van der Waals surface area contributed by atoms with Crippen LogP contribution in [0.4, 0.5) is 4.79 Å². The second kappa shape index (κ2) is 16.1. The number of benzene rings is 2. The lowest BCUT2D eigenvalue weighted by atomic mass is 9.93. The predicted molar refractivity (Wildman–Crippen MR) is 193 cm³/mol. The van der Waals surface area contributed by atoms with Crippen molar-refractivity contribution in [2.45, 2.75) is 69.4 Å². The van der Waals surface area contributed by atoms with Crippen LogP contribution in [0.3, 0.4) is 0 Å². The molecule has 1 aliphatic carbocycles. The Balaban J connectivity index is 1.06. The van der Waals surface area contributed by atoms with Gasteiger partial charge in [-0.1, -0.05) is 66.6 Å². The number of amides is 3. The van der Waals surface area contributed by atoms with Gasteiger partial charge in [0.2, 0.25) is 11.8 Å². The summed E-state index contributed by atoms with van der Waals surface area (Å²) in [6.45, 7) is 5.58. The highest BCUT2D eigenvalue weighted by Gasteiger charge is 2.44. The van der Waals surface area contributed by atoms with Gasteiger partial charge >= 0.3 is 6.09 Å². The maximum Gasteiger partial charge on any atom is 0.414 e. The van der Waals surface area contributed by atoms with Crippen molar-refractivity contribution >= 4 is 61.9 Å². The van der Waals surface area contributed by atoms with Gasteiger partial charge in [0.15, 0.2) is 5.06 Å². The van der Waals surface area contributed by atoms with E-state index in [0.29, 0.717) is 36.8 Å². The summed E-state index contributed by atoms with van der Waals surface area (Å²) in [7, 11) is 0. The first-order valence-electron chi connectivity index (χ1n) is 17.0. The molecule has 9 nitrogen and oxygen atoms in total. The molecule has 1 saturated carbocycles. The predicted octanol–water partition coefficient (Wildman–Crippen LogP) is 5.89. The molecule has 3 aliphatic rings. The standard InChI is InChI=1S/C36H45IN4O5S/c37-29-10-6-9-28-22-31(47-32(28)29)46-35(44)40-36(15-4-5-16-36)34(43)39-30(21-25-7-2-1-3-8-25)33(42)38-23-26-11-17-41(18-12-26)24-27-13-19-45-20-14-27/h1-3,6-10,22,26-27,30H,4-5,11-21,23-24H2,(H,38,42)(H,39,43)(H,40,44)/t30-/m1/s1. The fraction of sp³-hybridized carbons (Fsp3) is 0.528. The van der Waals surface area contributed by atoms with Crippen molar-refractivity contribution < 1.29 is 23.9 Å². The minimum atomic E-state index is -1.13. The van der Waals surface area contributed by atoms with Gasteiger partial charge in [-0.05, 0) is 103 Å². The maximum atomic E-state index is 14.0. The largest absolute Gasteiger partial charge is 0.414 e. The zero-order valence-electron chi connectivity index (χ0n) is 26.8. The molecule has 6 rings (SSSR count). The van der Waals surface area contributed by atoms with Crippen molar-refractivity contribution in [3.05, 3.63) is 63.7 Å². The normalized spacial score (nSPS) is 19.7. The fourth-order valence-electron chi connectivity index (χ4n) is 7.14. The van der Waals surface area contributed by atoms with E-state index in [1.807, 2.05) is 54.6 Å². The number of carbonyl (C=O) groups excluding carboxylic acids is 3. The summed E-state index contributed by atoms with van der Waals surface area (Å²) in [6, 6.07) is 16.8. The van der Waals surface area contributed by atoms with Gasteiger partial charge < -0.3 is 30.3 Å². The number of nitrogens with zero attached hydrogens (tertiary/aromatic N) is 1. The van der Waals surface area contributed by atoms with Crippen LogP contribution in [-0.2, 0) is 20.7 Å². The lowest BCUT2D eigenvalue weighted by Gasteiger charge is -2.35. The van der Waals surface area contributed by atoms with Gasteiger partial charge in [-0.2, -0.15) is 0 Å². The van der Waals surface area contributed by atoms with E-state index in [2.05, 4.69) is 43.4 Å². The molecule has 47 heavy (non-hydrogen) atoms. The van der Waals surface area contributed by atoms with E-state index in [0.717, 1.165) is 96.5 Å². The summed E-state index contributed by atoms with van der Waals surface area (Å²) >= 11 is 3.68. The molecule has 2 aliphatic heterocycles. The lowest BCUT2D eigenvalue weighted by molar-refractivity contribution is -0.132. The third-order valence-electron chi connectivity index (χ3n) is 9.93. The highest BCUT2D eigenvalue weighted by molar-refractivity contribution is 14.1. The monoisotopic (exact) mass is 772 g/mol. The second-order valence-electron chi connectivity index (χ2n) is 13.3. The summed E-state index contributed by atoms with van der Waals surface area (Å²) in [5.74, 6) is 0.604. The Kier molecular flexibility index (Phi) is 11.7. The number of halogens is 1. The summed E-state index contributed by atoms with van der Waals surface area (Å²) in [4.78, 5) is 43.4. The number of hydrogen-bond acceptors (Lipinski definition) is 7. The summed E-state index contributed by atoms with van der Waals surface area (Å²) in [5.41, 5.74) is -0.170. The summed E-state index contributed by atoms with van der Waals surface area (Å²) < 4.78 is 13.4. The van der Waals surface area contributed by atoms with Gasteiger partial charge in [0, 0.05) is 42.4 Å². The third kappa shape index (κ3) is 9.04. The molecule has 1 atom stereocenters. The quantitative estimate of drug-likeness (QED) is 0.210. The maximum absolute atomic E-state index is 14.0. The first-order valence-corrected chi connectivity index (χ1v) is 18.9. The lowest BCUT2D eigenvalue weighted by Crippen LogP contribution is -2.61. The van der Waals surface area contributed by atoms with Crippen LogP contribution < -0.4 is 20.7 Å². The average Bonchev–Trinajstić information content (AvgIpc) is 3.73. The van der Waals surface area contributed by atoms with Gasteiger partial charge in [-0.25, -0.2) is 4.79 Å². The van der Waals surface area contributed by atoms with Gasteiger partial charge in [-0.15, -0.1) is 0 Å². The van der Waals surface area contributed by atoms with Crippen LogP contribution in [-0.4, -0.2) is 73.8 Å². The molecule has 0 spiro atoms. The second-order valence-corrected chi connectivity index (χ2v) is 15.5. The van der Waals surface area contributed by atoms with E-state index >= 15 is 0 Å². The first-order chi connectivity index (χ1) is 22.9. The van der Waals surface area contributed by atoms with Crippen molar-refractivity contribution in [3.8, 4) is 5.06 Å². The first kappa shape index (κ1) is 34.1. The zero-order chi connectivity index (χ0) is 32.6. The molecule has 2 aromatic carbocycles. The molecule has 2 saturated heterocycles. The number of fused-ring (bicyclic) bond motifs is 1. The fourth-order valence-corrected chi connectivity index (χ4v) is 8.91. The van der Waals surface area contributed by atoms with E-state index < -0.39 is 17.7 Å². The number of likely N-dealkylation sites (tertiary alicyclic amines) is 1. The third-order valence-corrected chi connectivity index (χ3v) is 12.3. The zero-order valence-corrected chi connectivity index (χ0v) is 29.8. The van der Waals surface area contributed by atoms with Crippen molar-refractivity contribution in [2.24, 2.45) is 11.8 Å². The number of thiophene rings is 1. The number of rotatable bonds is 11. The number of piperidine rings is 1. The van der Waals surface area contributed by atoms with Crippen LogP contribution in [0.2, 0.25) is 0 Å². The Morgan fingerprint density at radius 2 is 1.72 bits per heavy atom. The van der Waals surface area contributed by atoms with Gasteiger partial charge in [0.05, 0.1) is 4.70 Å². The van der Waals surface area contributed by atoms with Crippen LogP contribution in [0.25, 0.3) is 10.1 Å². The Hall–Kier alpha value is -2.74. The molecule has 3 N–H and O–H groups in total. The topological polar surface area (TPSA) is 109 Å². The molecule has 3 fully saturated rings. The molecule has 3 heterocycles. The molecule has 0 bridgehead atoms. The molecule has 11 heteroatoms. The highest BCUT2D eigenvalue weighted by atomic mass is 127. The summed E-state index contributed by atoms with van der Waals surface area (Å²) in [6.07, 6.45) is 6.69. The molecule has 252 valence electrons. The van der Waals surface area contributed by atoms with Gasteiger partial charge in [0.1, 0.15) is 11.6 Å². The summed E-state index contributed by atoms with van der Waals surface area (Å²) in [5, 5.41) is 10.6. The van der Waals surface area contributed by atoms with Crippen molar-refractivity contribution in [2.75, 3.05) is 39.4 Å². The van der Waals surface area contributed by atoms with Crippen LogP contribution in [0.15, 0.2) is 54.6 Å². The molecule has 0 unspecified atom stereocenters. The van der Waals surface area contributed by atoms with E-state index in [9.17, 15) is 14.4 Å². The Morgan fingerprint density at radius 3 is 2.45 bits per heavy atom. The number of nitrogens with one attached hydrogen (secondary N) is 3. The molecule has 3 aromatic rings. The SMILES string of the molecule is O=C(NC1(C(=O)N[C@H](Cc2ccccc2)C(=O)NCC2CCN(CC3CCOCC3)CC2)CCCC1)Oc1cc2cccc(I)c2s1. The average molecular weight is 773 g/mol. The Labute approximate surface area is 294 Å². The number of ether oxygens (including phenoxy) is 2. The molecular formula is C36H45IN4O5S. The smallest absolute Gasteiger partial charge is 0.399 e. The number of hydrogen-bond donors (Lipinski definition) is 3. The molecular weight excluding hydrogens is 727 g/mol. The minimum Gasteiger partial charge on any atom is -0.399 e. The molecule has 1 aromatic heterocycles. The van der Waals surface area contributed by atoms with Crippen molar-refractivity contribution in [1.82, 2.24) is 20.9 Å². The van der Waals surface area contributed by atoms with Crippen LogP contribution >= 0.6 is 33.9 Å². The van der Waals surface area contributed by atoms with E-state index in [1.165, 1.54) is 11.3 Å². The van der Waals surface area contributed by atoms with Crippen molar-refractivity contribution in [3.63, 3.8) is 0 Å². The highest BCUT2D eigenvalue weighted by Crippen LogP contribution is 2.35. The van der Waals surface area contributed by atoms with Crippen LogP contribution in [0.1, 0.15) is 56.9 Å². The van der Waals surface area contributed by atoms with E-state index in [-0.39, 0.29) is 11.8 Å². The van der Waals surface area contributed by atoms with Crippen LogP contribution in [0.5, 0.6) is 5.06 Å². The van der Waals surface area contributed by atoms with Gasteiger partial charge in [-0.3, -0.25) is 9.59 Å². The van der Waals surface area contributed by atoms with E-state index in [4.69, 9.17) is 9.47 Å². The van der Waals surface area contributed by atoms with Crippen molar-refractivity contribution in [1.29, 1.82) is 0 Å². The number of carbonyl (C=O) groups is 3. The van der Waals surface area contributed by atoms with Gasteiger partial charge in [0.25, 0.3) is 0 Å². The molecule has 0 radical (unpaired) electrons.